The molecule has 1 rings (SSSR count). The molecule has 0 heterocycles. The number of rotatable bonds is 6. The van der Waals surface area contributed by atoms with Gasteiger partial charge in [-0.05, 0) is 31.0 Å². The molecule has 6 heteroatoms. The molecule has 1 aromatic carbocycles. The maximum absolute atomic E-state index is 11.9. The molecule has 21 heavy (non-hydrogen) atoms. The zero-order chi connectivity index (χ0) is 15.1. The monoisotopic (exact) mass is 313 g/mol. The van der Waals surface area contributed by atoms with Crippen molar-refractivity contribution in [3.8, 4) is 0 Å². The number of halogens is 1. The lowest BCUT2D eigenvalue weighted by Gasteiger charge is -2.15. The first-order chi connectivity index (χ1) is 9.49. The fourth-order valence-electron chi connectivity index (χ4n) is 1.71. The summed E-state index contributed by atoms with van der Waals surface area (Å²) in [6.45, 7) is 5.90. The van der Waals surface area contributed by atoms with Crippen molar-refractivity contribution in [1.29, 1.82) is 0 Å². The standard InChI is InChI=1S/C15H23N3O2.ClH/c1-4-6-14(19)17-12-7-5-8-13(11(12)3)18-15(20)10(2)9-16;/h5,7-8,10H,4,6,9,16H2,1-3H3,(H,17,19)(H,18,20);1H. The van der Waals surface area contributed by atoms with Crippen LogP contribution in [-0.2, 0) is 9.59 Å². The van der Waals surface area contributed by atoms with Gasteiger partial charge in [0, 0.05) is 30.3 Å². The Kier molecular flexibility index (Phi) is 8.66. The molecule has 118 valence electrons. The van der Waals surface area contributed by atoms with Gasteiger partial charge in [-0.2, -0.15) is 0 Å². The number of amides is 2. The summed E-state index contributed by atoms with van der Waals surface area (Å²) in [4.78, 5) is 23.5. The summed E-state index contributed by atoms with van der Waals surface area (Å²) < 4.78 is 0. The maximum atomic E-state index is 11.9. The maximum Gasteiger partial charge on any atom is 0.228 e. The van der Waals surface area contributed by atoms with Gasteiger partial charge in [-0.15, -0.1) is 12.4 Å². The summed E-state index contributed by atoms with van der Waals surface area (Å²) in [5.74, 6) is -0.380. The molecule has 0 saturated carbocycles. The van der Waals surface area contributed by atoms with Gasteiger partial charge in [-0.1, -0.05) is 19.9 Å². The molecule has 0 fully saturated rings. The highest BCUT2D eigenvalue weighted by Gasteiger charge is 2.13. The van der Waals surface area contributed by atoms with E-state index in [2.05, 4.69) is 10.6 Å². The van der Waals surface area contributed by atoms with Crippen LogP contribution in [0.15, 0.2) is 18.2 Å². The third kappa shape index (κ3) is 5.73. The summed E-state index contributed by atoms with van der Waals surface area (Å²) in [6, 6.07) is 5.44. The minimum Gasteiger partial charge on any atom is -0.330 e. The van der Waals surface area contributed by atoms with E-state index in [1.165, 1.54) is 0 Å². The van der Waals surface area contributed by atoms with Gasteiger partial charge in [0.05, 0.1) is 0 Å². The zero-order valence-electron chi connectivity index (χ0n) is 12.7. The molecule has 0 aliphatic heterocycles. The van der Waals surface area contributed by atoms with Gasteiger partial charge in [0.2, 0.25) is 11.8 Å². The smallest absolute Gasteiger partial charge is 0.228 e. The summed E-state index contributed by atoms with van der Waals surface area (Å²) >= 11 is 0. The van der Waals surface area contributed by atoms with Crippen molar-refractivity contribution in [3.05, 3.63) is 23.8 Å². The van der Waals surface area contributed by atoms with Gasteiger partial charge in [-0.25, -0.2) is 0 Å². The molecule has 1 unspecified atom stereocenters. The molecule has 0 radical (unpaired) electrons. The van der Waals surface area contributed by atoms with Crippen LogP contribution in [0.3, 0.4) is 0 Å². The first-order valence-corrected chi connectivity index (χ1v) is 6.90. The van der Waals surface area contributed by atoms with E-state index in [0.29, 0.717) is 18.7 Å². The predicted octanol–water partition coefficient (Wildman–Crippen LogP) is 2.69. The highest BCUT2D eigenvalue weighted by atomic mass is 35.5. The normalized spacial score (nSPS) is 11.2. The largest absolute Gasteiger partial charge is 0.330 e. The Labute approximate surface area is 132 Å². The van der Waals surface area contributed by atoms with E-state index in [4.69, 9.17) is 5.73 Å². The predicted molar refractivity (Wildman–Crippen MR) is 88.8 cm³/mol. The van der Waals surface area contributed by atoms with Crippen molar-refractivity contribution in [2.24, 2.45) is 11.7 Å². The Bertz CT molecular complexity index is 492. The van der Waals surface area contributed by atoms with Gasteiger partial charge >= 0.3 is 0 Å². The van der Waals surface area contributed by atoms with Crippen molar-refractivity contribution >= 4 is 35.6 Å². The number of hydrogen-bond donors (Lipinski definition) is 3. The van der Waals surface area contributed by atoms with Gasteiger partial charge in [-0.3, -0.25) is 9.59 Å². The average molecular weight is 314 g/mol. The summed E-state index contributed by atoms with van der Waals surface area (Å²) in [5.41, 5.74) is 7.74. The fourth-order valence-corrected chi connectivity index (χ4v) is 1.71. The van der Waals surface area contributed by atoms with E-state index < -0.39 is 0 Å². The Morgan fingerprint density at radius 2 is 1.81 bits per heavy atom. The SMILES string of the molecule is CCCC(=O)Nc1cccc(NC(=O)C(C)CN)c1C.Cl. The molecule has 4 N–H and O–H groups in total. The van der Waals surface area contributed by atoms with Crippen molar-refractivity contribution < 1.29 is 9.59 Å². The van der Waals surface area contributed by atoms with Crippen molar-refractivity contribution in [3.63, 3.8) is 0 Å². The first-order valence-electron chi connectivity index (χ1n) is 6.90. The van der Waals surface area contributed by atoms with Crippen molar-refractivity contribution in [1.82, 2.24) is 0 Å². The average Bonchev–Trinajstić information content (AvgIpc) is 2.42. The highest BCUT2D eigenvalue weighted by molar-refractivity contribution is 5.96. The summed E-state index contributed by atoms with van der Waals surface area (Å²) in [7, 11) is 0. The second kappa shape index (κ2) is 9.37. The van der Waals surface area contributed by atoms with E-state index >= 15 is 0 Å². The van der Waals surface area contributed by atoms with Crippen LogP contribution in [0.4, 0.5) is 11.4 Å². The van der Waals surface area contributed by atoms with Crippen LogP contribution in [0, 0.1) is 12.8 Å². The van der Waals surface area contributed by atoms with E-state index in [1.807, 2.05) is 26.0 Å². The van der Waals surface area contributed by atoms with Crippen molar-refractivity contribution in [2.45, 2.75) is 33.6 Å². The van der Waals surface area contributed by atoms with Gasteiger partial charge in [0.25, 0.3) is 0 Å². The van der Waals surface area contributed by atoms with Crippen LogP contribution >= 0.6 is 12.4 Å². The third-order valence-electron chi connectivity index (χ3n) is 3.14. The summed E-state index contributed by atoms with van der Waals surface area (Å²) in [5, 5.41) is 5.69. The number of anilines is 2. The van der Waals surface area contributed by atoms with Crippen LogP contribution < -0.4 is 16.4 Å². The van der Waals surface area contributed by atoms with E-state index in [1.54, 1.807) is 13.0 Å². The van der Waals surface area contributed by atoms with Gasteiger partial charge in [0.1, 0.15) is 0 Å². The van der Waals surface area contributed by atoms with Crippen LogP contribution in [0.2, 0.25) is 0 Å². The number of nitrogens with two attached hydrogens (primary N) is 1. The summed E-state index contributed by atoms with van der Waals surface area (Å²) in [6.07, 6.45) is 1.29. The quantitative estimate of drug-likeness (QED) is 0.755. The van der Waals surface area contributed by atoms with Crippen LogP contribution in [0.25, 0.3) is 0 Å². The molecule has 0 spiro atoms. The number of hydrogen-bond acceptors (Lipinski definition) is 3. The fraction of sp³-hybridized carbons (Fsp3) is 0.467. The van der Waals surface area contributed by atoms with Gasteiger partial charge < -0.3 is 16.4 Å². The molecule has 5 nitrogen and oxygen atoms in total. The molecule has 0 saturated heterocycles. The minimum atomic E-state index is -0.243. The molecule has 1 aromatic rings. The van der Waals surface area contributed by atoms with Gasteiger partial charge in [0.15, 0.2) is 0 Å². The van der Waals surface area contributed by atoms with E-state index in [-0.39, 0.29) is 30.1 Å². The molecule has 0 aromatic heterocycles. The van der Waals surface area contributed by atoms with E-state index in [0.717, 1.165) is 17.7 Å². The van der Waals surface area contributed by atoms with Crippen LogP contribution in [0.1, 0.15) is 32.3 Å². The topological polar surface area (TPSA) is 84.2 Å². The second-order valence-corrected chi connectivity index (χ2v) is 4.90. The van der Waals surface area contributed by atoms with E-state index in [9.17, 15) is 9.59 Å². The molecule has 0 bridgehead atoms. The van der Waals surface area contributed by atoms with Crippen LogP contribution in [0.5, 0.6) is 0 Å². The highest BCUT2D eigenvalue weighted by Crippen LogP contribution is 2.24. The van der Waals surface area contributed by atoms with Crippen LogP contribution in [-0.4, -0.2) is 18.4 Å². The molecule has 1 atom stereocenters. The lowest BCUT2D eigenvalue weighted by molar-refractivity contribution is -0.119. The third-order valence-corrected chi connectivity index (χ3v) is 3.14. The number of benzene rings is 1. The molecule has 0 aliphatic carbocycles. The molecular formula is C15H24ClN3O2. The number of carbonyl (C=O) groups excluding carboxylic acids is 2. The molecular weight excluding hydrogens is 290 g/mol. The Hall–Kier alpha value is -1.59. The van der Waals surface area contributed by atoms with Crippen molar-refractivity contribution in [2.75, 3.05) is 17.2 Å². The number of nitrogens with one attached hydrogen (secondary N) is 2. The first kappa shape index (κ1) is 19.4. The Morgan fingerprint density at radius 1 is 1.24 bits per heavy atom. The lowest BCUT2D eigenvalue weighted by atomic mass is 10.1. The second-order valence-electron chi connectivity index (χ2n) is 4.90. The minimum absolute atomic E-state index is 0. The molecule has 0 aliphatic rings. The molecule has 2 amide bonds. The Morgan fingerprint density at radius 3 is 2.33 bits per heavy atom. The number of carbonyl (C=O) groups is 2. The zero-order valence-corrected chi connectivity index (χ0v) is 13.5. The Balaban J connectivity index is 0.00000400. The lowest BCUT2D eigenvalue weighted by Crippen LogP contribution is -2.27.